The highest BCUT2D eigenvalue weighted by molar-refractivity contribution is 7.99. The van der Waals surface area contributed by atoms with Crippen LogP contribution in [0.3, 0.4) is 0 Å². The van der Waals surface area contributed by atoms with Gasteiger partial charge in [0.15, 0.2) is 5.43 Å². The molecular weight excluding hydrogens is 461 g/mol. The second-order valence-corrected chi connectivity index (χ2v) is 9.18. The van der Waals surface area contributed by atoms with E-state index in [1.165, 1.54) is 11.8 Å². The summed E-state index contributed by atoms with van der Waals surface area (Å²) in [7, 11) is 3.58. The Hall–Kier alpha value is -2.00. The Kier molecular flexibility index (Phi) is 6.09. The summed E-state index contributed by atoms with van der Waals surface area (Å²) in [5.41, 5.74) is 0.475. The van der Waals surface area contributed by atoms with Crippen LogP contribution >= 0.6 is 35.0 Å². The van der Waals surface area contributed by atoms with E-state index >= 15 is 0 Å². The Labute approximate surface area is 192 Å². The third kappa shape index (κ3) is 3.75. The van der Waals surface area contributed by atoms with Crippen molar-refractivity contribution in [3.63, 3.8) is 0 Å². The van der Waals surface area contributed by atoms with Crippen LogP contribution in [0.5, 0.6) is 0 Å². The van der Waals surface area contributed by atoms with Crippen LogP contribution in [0.15, 0.2) is 27.9 Å². The summed E-state index contributed by atoms with van der Waals surface area (Å²) < 4.78 is 6.90. The molecular formula is C21H21Cl2N3O4S. The molecule has 0 atom stereocenters. The Morgan fingerprint density at radius 1 is 1.32 bits per heavy atom. The van der Waals surface area contributed by atoms with Crippen LogP contribution in [0.2, 0.25) is 10.0 Å². The molecule has 1 fully saturated rings. The summed E-state index contributed by atoms with van der Waals surface area (Å²) in [6.07, 6.45) is 3.72. The van der Waals surface area contributed by atoms with Crippen LogP contribution in [-0.2, 0) is 16.1 Å². The van der Waals surface area contributed by atoms with Gasteiger partial charge in [0.05, 0.1) is 31.9 Å². The highest BCUT2D eigenvalue weighted by Crippen LogP contribution is 2.37. The molecule has 4 rings (SSSR count). The van der Waals surface area contributed by atoms with Crippen molar-refractivity contribution >= 4 is 68.7 Å². The van der Waals surface area contributed by atoms with Crippen molar-refractivity contribution < 1.29 is 14.6 Å². The van der Waals surface area contributed by atoms with Crippen molar-refractivity contribution in [1.82, 2.24) is 9.55 Å². The zero-order valence-corrected chi connectivity index (χ0v) is 19.5. The molecule has 0 radical (unpaired) electrons. The number of methoxy groups -OCH3 is 1. The molecule has 1 aromatic carbocycles. The third-order valence-electron chi connectivity index (χ3n) is 5.82. The maximum Gasteiger partial charge on any atom is 0.323 e. The number of pyridine rings is 2. The van der Waals surface area contributed by atoms with Crippen molar-refractivity contribution in [2.75, 3.05) is 25.3 Å². The second-order valence-electron chi connectivity index (χ2n) is 7.54. The number of hydrogen-bond acceptors (Lipinski definition) is 6. The molecule has 10 heteroatoms. The maximum absolute atomic E-state index is 13.3. The smallest absolute Gasteiger partial charge is 0.323 e. The maximum atomic E-state index is 13.3. The lowest BCUT2D eigenvalue weighted by Gasteiger charge is -2.41. The number of carboxylic acids is 1. The molecule has 0 bridgehead atoms. The summed E-state index contributed by atoms with van der Waals surface area (Å²) in [6, 6.07) is 5.04. The molecule has 0 aliphatic heterocycles. The fourth-order valence-corrected chi connectivity index (χ4v) is 5.39. The molecule has 2 heterocycles. The van der Waals surface area contributed by atoms with Gasteiger partial charge in [-0.1, -0.05) is 23.2 Å². The number of hydrogen-bond donors (Lipinski definition) is 1. The number of fused-ring (bicyclic) bond motifs is 2. The van der Waals surface area contributed by atoms with Gasteiger partial charge in [0.2, 0.25) is 0 Å². The Morgan fingerprint density at radius 3 is 2.65 bits per heavy atom. The van der Waals surface area contributed by atoms with E-state index in [2.05, 4.69) is 0 Å². The van der Waals surface area contributed by atoms with Crippen LogP contribution in [-0.4, -0.2) is 53.2 Å². The first-order valence-electron chi connectivity index (χ1n) is 9.63. The largest absolute Gasteiger partial charge is 0.480 e. The summed E-state index contributed by atoms with van der Waals surface area (Å²) >= 11 is 14.3. The van der Waals surface area contributed by atoms with Crippen LogP contribution in [0, 0.1) is 0 Å². The minimum Gasteiger partial charge on any atom is -0.480 e. The third-order valence-corrected chi connectivity index (χ3v) is 7.34. The number of ether oxygens (including phenoxy) is 1. The van der Waals surface area contributed by atoms with E-state index in [1.807, 2.05) is 18.2 Å². The lowest BCUT2D eigenvalue weighted by molar-refractivity contribution is -0.137. The van der Waals surface area contributed by atoms with Gasteiger partial charge in [-0.05, 0) is 37.3 Å². The number of anilines is 1. The average molecular weight is 482 g/mol. The summed E-state index contributed by atoms with van der Waals surface area (Å²) in [6.45, 7) is -0.367. The fourth-order valence-electron chi connectivity index (χ4n) is 4.04. The summed E-state index contributed by atoms with van der Waals surface area (Å²) in [5.74, 6) is -0.550. The van der Waals surface area contributed by atoms with Gasteiger partial charge in [-0.2, -0.15) is 0 Å². The van der Waals surface area contributed by atoms with Crippen LogP contribution in [0.4, 0.5) is 5.82 Å². The van der Waals surface area contributed by atoms with Crippen molar-refractivity contribution in [1.29, 1.82) is 0 Å². The van der Waals surface area contributed by atoms with Crippen molar-refractivity contribution in [3.05, 3.63) is 38.5 Å². The van der Waals surface area contributed by atoms with E-state index in [9.17, 15) is 14.7 Å². The van der Waals surface area contributed by atoms with E-state index in [-0.39, 0.29) is 35.2 Å². The summed E-state index contributed by atoms with van der Waals surface area (Å²) in [4.78, 5) is 32.3. The van der Waals surface area contributed by atoms with E-state index in [0.29, 0.717) is 31.7 Å². The molecule has 2 aromatic heterocycles. The molecule has 1 aliphatic carbocycles. The van der Waals surface area contributed by atoms with Crippen LogP contribution in [0.25, 0.3) is 21.9 Å². The van der Waals surface area contributed by atoms with Gasteiger partial charge in [-0.25, -0.2) is 4.98 Å². The molecule has 0 saturated heterocycles. The molecule has 1 aliphatic rings. The number of aliphatic carboxylic acids is 1. The second kappa shape index (κ2) is 8.50. The van der Waals surface area contributed by atoms with E-state index in [0.717, 1.165) is 12.8 Å². The van der Waals surface area contributed by atoms with Gasteiger partial charge >= 0.3 is 5.97 Å². The average Bonchev–Trinajstić information content (AvgIpc) is 2.69. The Balaban J connectivity index is 2.02. The number of rotatable bonds is 6. The van der Waals surface area contributed by atoms with Gasteiger partial charge < -0.3 is 19.3 Å². The topological polar surface area (TPSA) is 84.7 Å². The number of nitrogens with zero attached hydrogens (tertiary/aromatic N) is 3. The quantitative estimate of drug-likeness (QED) is 0.415. The van der Waals surface area contributed by atoms with Crippen LogP contribution in [0.1, 0.15) is 12.8 Å². The normalized spacial score (nSPS) is 18.4. The standard InChI is InChI=1S/C21H21Cl2N3O4S/c1-25(10-6-11(7-10)30-2)21-15(23)8-13-18(29)12-4-5-14(22)19(31-3)17(12)26(9-16(27)28)20(13)24-21/h4-5,8,10-11H,6-7,9H2,1-3H3,(H,27,28)/t10-,11+. The predicted molar refractivity (Wildman–Crippen MR) is 125 cm³/mol. The zero-order chi connectivity index (χ0) is 22.4. The van der Waals surface area contributed by atoms with Gasteiger partial charge in [0.25, 0.3) is 0 Å². The van der Waals surface area contributed by atoms with E-state index in [1.54, 1.807) is 29.9 Å². The van der Waals surface area contributed by atoms with Crippen molar-refractivity contribution in [3.8, 4) is 0 Å². The number of halogens is 2. The number of thioether (sulfide) groups is 1. The van der Waals surface area contributed by atoms with Crippen molar-refractivity contribution in [2.24, 2.45) is 0 Å². The number of carboxylic acid groups (broad SMARTS) is 1. The number of aromatic nitrogens is 2. The molecule has 0 spiro atoms. The molecule has 1 saturated carbocycles. The lowest BCUT2D eigenvalue weighted by Crippen LogP contribution is -2.46. The van der Waals surface area contributed by atoms with Gasteiger partial charge in [0, 0.05) is 25.6 Å². The first-order chi connectivity index (χ1) is 14.8. The first-order valence-corrected chi connectivity index (χ1v) is 11.6. The minimum atomic E-state index is -1.05. The first kappa shape index (κ1) is 22.2. The van der Waals surface area contributed by atoms with Gasteiger partial charge in [-0.3, -0.25) is 9.59 Å². The molecule has 164 valence electrons. The van der Waals surface area contributed by atoms with Crippen molar-refractivity contribution in [2.45, 2.75) is 36.4 Å². The number of carbonyl (C=O) groups is 1. The highest BCUT2D eigenvalue weighted by atomic mass is 35.5. The van der Waals surface area contributed by atoms with Gasteiger partial charge in [-0.15, -0.1) is 11.8 Å². The van der Waals surface area contributed by atoms with E-state index < -0.39 is 5.97 Å². The SMILES string of the molecule is CO[C@H]1C[C@@H](N(C)c2nc3c(cc2Cl)c(=O)c2ccc(Cl)c(SC)c2n3CC(=O)O)C1. The zero-order valence-electron chi connectivity index (χ0n) is 17.2. The molecule has 3 aromatic rings. The lowest BCUT2D eigenvalue weighted by atomic mass is 9.88. The van der Waals surface area contributed by atoms with Crippen LogP contribution < -0.4 is 10.3 Å². The predicted octanol–water partition coefficient (Wildman–Crippen LogP) is 4.28. The summed E-state index contributed by atoms with van der Waals surface area (Å²) in [5, 5.41) is 11.0. The fraction of sp³-hybridized carbons (Fsp3) is 0.381. The molecule has 0 amide bonds. The molecule has 0 unspecified atom stereocenters. The monoisotopic (exact) mass is 481 g/mol. The molecule has 1 N–H and O–H groups in total. The number of benzene rings is 1. The van der Waals surface area contributed by atoms with Gasteiger partial charge in [0.1, 0.15) is 18.0 Å². The Morgan fingerprint density at radius 2 is 2.03 bits per heavy atom. The highest BCUT2D eigenvalue weighted by Gasteiger charge is 2.34. The molecule has 31 heavy (non-hydrogen) atoms. The Bertz CT molecular complexity index is 1260. The van der Waals surface area contributed by atoms with E-state index in [4.69, 9.17) is 32.9 Å². The molecule has 7 nitrogen and oxygen atoms in total. The minimum absolute atomic E-state index is 0.198.